The van der Waals surface area contributed by atoms with Gasteiger partial charge in [-0.1, -0.05) is 36.4 Å². The highest BCUT2D eigenvalue weighted by atomic mass is 16.1. The van der Waals surface area contributed by atoms with Gasteiger partial charge in [-0.05, 0) is 36.8 Å². The van der Waals surface area contributed by atoms with Crippen molar-refractivity contribution in [2.45, 2.75) is 13.0 Å². The van der Waals surface area contributed by atoms with E-state index in [-0.39, 0.29) is 11.9 Å². The average molecular weight is 342 g/mol. The van der Waals surface area contributed by atoms with E-state index in [1.807, 2.05) is 72.3 Å². The molecule has 2 heterocycles. The number of nitrogens with one attached hydrogen (secondary N) is 1. The summed E-state index contributed by atoms with van der Waals surface area (Å²) < 4.78 is 1.94. The zero-order valence-electron chi connectivity index (χ0n) is 14.3. The maximum absolute atomic E-state index is 12.5. The molecule has 0 aliphatic heterocycles. The van der Waals surface area contributed by atoms with Crippen molar-refractivity contribution in [2.75, 3.05) is 0 Å². The SMILES string of the molecule is C[C@@H](NC(=O)c1ccc2ccccc2n1)c1ccc(-n2ccnc2)cc1. The predicted molar refractivity (Wildman–Crippen MR) is 101 cm³/mol. The van der Waals surface area contributed by atoms with E-state index in [9.17, 15) is 4.79 Å². The van der Waals surface area contributed by atoms with Crippen molar-refractivity contribution in [3.05, 3.63) is 90.6 Å². The van der Waals surface area contributed by atoms with E-state index in [2.05, 4.69) is 15.3 Å². The van der Waals surface area contributed by atoms with Crippen LogP contribution < -0.4 is 5.32 Å². The Morgan fingerprint density at radius 3 is 2.62 bits per heavy atom. The summed E-state index contributed by atoms with van der Waals surface area (Å²) in [6.45, 7) is 1.96. The Kier molecular flexibility index (Phi) is 4.19. The first-order valence-corrected chi connectivity index (χ1v) is 8.46. The highest BCUT2D eigenvalue weighted by Crippen LogP contribution is 2.17. The van der Waals surface area contributed by atoms with Crippen molar-refractivity contribution in [1.82, 2.24) is 19.9 Å². The lowest BCUT2D eigenvalue weighted by Crippen LogP contribution is -2.27. The van der Waals surface area contributed by atoms with Gasteiger partial charge in [-0.2, -0.15) is 0 Å². The molecule has 0 saturated carbocycles. The summed E-state index contributed by atoms with van der Waals surface area (Å²) in [5, 5.41) is 4.03. The lowest BCUT2D eigenvalue weighted by molar-refractivity contribution is 0.0935. The minimum Gasteiger partial charge on any atom is -0.344 e. The van der Waals surface area contributed by atoms with E-state index >= 15 is 0 Å². The van der Waals surface area contributed by atoms with Gasteiger partial charge in [0, 0.05) is 23.5 Å². The van der Waals surface area contributed by atoms with Crippen LogP contribution in [-0.2, 0) is 0 Å². The molecule has 0 spiro atoms. The summed E-state index contributed by atoms with van der Waals surface area (Å²) in [5.74, 6) is -0.179. The number of hydrogen-bond acceptors (Lipinski definition) is 3. The Bertz CT molecular complexity index is 1040. The maximum Gasteiger partial charge on any atom is 0.270 e. The summed E-state index contributed by atoms with van der Waals surface area (Å²) in [6.07, 6.45) is 5.39. The van der Waals surface area contributed by atoms with Gasteiger partial charge in [0.25, 0.3) is 5.91 Å². The van der Waals surface area contributed by atoms with Crippen molar-refractivity contribution in [2.24, 2.45) is 0 Å². The minimum absolute atomic E-state index is 0.118. The Hall–Kier alpha value is -3.47. The van der Waals surface area contributed by atoms with Gasteiger partial charge in [-0.25, -0.2) is 9.97 Å². The summed E-state index contributed by atoms with van der Waals surface area (Å²) >= 11 is 0. The van der Waals surface area contributed by atoms with Crippen molar-refractivity contribution in [3.63, 3.8) is 0 Å². The third kappa shape index (κ3) is 3.19. The van der Waals surface area contributed by atoms with Gasteiger partial charge in [-0.15, -0.1) is 0 Å². The molecule has 0 aliphatic rings. The first kappa shape index (κ1) is 16.0. The van der Waals surface area contributed by atoms with Crippen molar-refractivity contribution in [3.8, 4) is 5.69 Å². The number of carbonyl (C=O) groups excluding carboxylic acids is 1. The molecule has 4 aromatic rings. The molecule has 2 aromatic heterocycles. The van der Waals surface area contributed by atoms with Crippen LogP contribution >= 0.6 is 0 Å². The number of fused-ring (bicyclic) bond motifs is 1. The molecular weight excluding hydrogens is 324 g/mol. The highest BCUT2D eigenvalue weighted by Gasteiger charge is 2.13. The van der Waals surface area contributed by atoms with Crippen LogP contribution in [0.15, 0.2) is 79.4 Å². The number of pyridine rings is 1. The lowest BCUT2D eigenvalue weighted by Gasteiger charge is -2.15. The molecule has 0 aliphatic carbocycles. The van der Waals surface area contributed by atoms with Gasteiger partial charge in [0.1, 0.15) is 5.69 Å². The molecule has 0 bridgehead atoms. The van der Waals surface area contributed by atoms with E-state index in [1.165, 1.54) is 0 Å². The number of rotatable bonds is 4. The third-order valence-electron chi connectivity index (χ3n) is 4.37. The second-order valence-electron chi connectivity index (χ2n) is 6.15. The Morgan fingerprint density at radius 1 is 1.04 bits per heavy atom. The summed E-state index contributed by atoms with van der Waals surface area (Å²) in [5.41, 5.74) is 3.30. The standard InChI is InChI=1S/C21H18N4O/c1-15(16-6-9-18(10-7-16)25-13-12-22-14-25)23-21(26)20-11-8-17-4-2-3-5-19(17)24-20/h2-15H,1H3,(H,23,26)/t15-/m1/s1. The van der Waals surface area contributed by atoms with Crippen LogP contribution in [0.3, 0.4) is 0 Å². The molecule has 0 unspecified atom stereocenters. The van der Waals surface area contributed by atoms with Crippen LogP contribution in [0.1, 0.15) is 29.0 Å². The first-order valence-electron chi connectivity index (χ1n) is 8.46. The van der Waals surface area contributed by atoms with Crippen molar-refractivity contribution < 1.29 is 4.79 Å². The normalized spacial score (nSPS) is 12.0. The molecule has 1 N–H and O–H groups in total. The predicted octanol–water partition coefficient (Wildman–Crippen LogP) is 3.91. The maximum atomic E-state index is 12.5. The average Bonchev–Trinajstić information content (AvgIpc) is 3.22. The highest BCUT2D eigenvalue weighted by molar-refractivity contribution is 5.95. The minimum atomic E-state index is -0.179. The van der Waals surface area contributed by atoms with E-state index in [1.54, 1.807) is 18.6 Å². The molecular formula is C21H18N4O. The van der Waals surface area contributed by atoms with E-state index in [0.717, 1.165) is 22.2 Å². The number of hydrogen-bond donors (Lipinski definition) is 1. The fraction of sp³-hybridized carbons (Fsp3) is 0.0952. The van der Waals surface area contributed by atoms with Gasteiger partial charge in [0.15, 0.2) is 0 Å². The van der Waals surface area contributed by atoms with E-state index < -0.39 is 0 Å². The molecule has 0 radical (unpaired) electrons. The molecule has 4 rings (SSSR count). The van der Waals surface area contributed by atoms with Crippen LogP contribution in [0.5, 0.6) is 0 Å². The molecule has 5 heteroatoms. The molecule has 1 amide bonds. The van der Waals surface area contributed by atoms with Crippen LogP contribution in [-0.4, -0.2) is 20.4 Å². The largest absolute Gasteiger partial charge is 0.344 e. The molecule has 128 valence electrons. The lowest BCUT2D eigenvalue weighted by atomic mass is 10.1. The third-order valence-corrected chi connectivity index (χ3v) is 4.37. The smallest absolute Gasteiger partial charge is 0.270 e. The number of carbonyl (C=O) groups is 1. The summed E-state index contributed by atoms with van der Waals surface area (Å²) in [7, 11) is 0. The number of para-hydroxylation sites is 1. The summed E-state index contributed by atoms with van der Waals surface area (Å²) in [6, 6.07) is 19.4. The number of amides is 1. The molecule has 0 saturated heterocycles. The number of imidazole rings is 1. The fourth-order valence-corrected chi connectivity index (χ4v) is 2.89. The zero-order valence-corrected chi connectivity index (χ0v) is 14.3. The molecule has 26 heavy (non-hydrogen) atoms. The van der Waals surface area contributed by atoms with Gasteiger partial charge in [0.2, 0.25) is 0 Å². The van der Waals surface area contributed by atoms with Crippen molar-refractivity contribution in [1.29, 1.82) is 0 Å². The molecule has 2 aromatic carbocycles. The van der Waals surface area contributed by atoms with Gasteiger partial charge < -0.3 is 9.88 Å². The molecule has 0 fully saturated rings. The molecule has 5 nitrogen and oxygen atoms in total. The van der Waals surface area contributed by atoms with Gasteiger partial charge in [-0.3, -0.25) is 4.79 Å². The van der Waals surface area contributed by atoms with Crippen LogP contribution in [0.25, 0.3) is 16.6 Å². The molecule has 1 atom stereocenters. The topological polar surface area (TPSA) is 59.8 Å². The van der Waals surface area contributed by atoms with E-state index in [4.69, 9.17) is 0 Å². The van der Waals surface area contributed by atoms with Crippen LogP contribution in [0, 0.1) is 0 Å². The Labute approximate surface area is 151 Å². The zero-order chi connectivity index (χ0) is 17.9. The van der Waals surface area contributed by atoms with Gasteiger partial charge >= 0.3 is 0 Å². The summed E-state index contributed by atoms with van der Waals surface area (Å²) in [4.78, 5) is 21.0. The monoisotopic (exact) mass is 342 g/mol. The second-order valence-corrected chi connectivity index (χ2v) is 6.15. The number of nitrogens with zero attached hydrogens (tertiary/aromatic N) is 3. The fourth-order valence-electron chi connectivity index (χ4n) is 2.89. The first-order chi connectivity index (χ1) is 12.7. The Morgan fingerprint density at radius 2 is 1.85 bits per heavy atom. The van der Waals surface area contributed by atoms with Crippen LogP contribution in [0.2, 0.25) is 0 Å². The second kappa shape index (κ2) is 6.80. The number of aromatic nitrogens is 3. The van der Waals surface area contributed by atoms with E-state index in [0.29, 0.717) is 5.69 Å². The quantitative estimate of drug-likeness (QED) is 0.612. The Balaban J connectivity index is 1.49. The number of benzene rings is 2. The van der Waals surface area contributed by atoms with Crippen molar-refractivity contribution >= 4 is 16.8 Å². The van der Waals surface area contributed by atoms with Gasteiger partial charge in [0.05, 0.1) is 17.9 Å². The van der Waals surface area contributed by atoms with Crippen LogP contribution in [0.4, 0.5) is 0 Å².